The fourth-order valence-corrected chi connectivity index (χ4v) is 2.73. The Morgan fingerprint density at radius 3 is 2.27 bits per heavy atom. The fraction of sp³-hybridized carbons (Fsp3) is 0.100. The van der Waals surface area contributed by atoms with Crippen LogP contribution in [-0.4, -0.2) is 0 Å². The maximum Gasteiger partial charge on any atom is 0.0991 e. The summed E-state index contributed by atoms with van der Waals surface area (Å²) in [5.41, 5.74) is 2.77. The van der Waals surface area contributed by atoms with Crippen LogP contribution in [0.5, 0.6) is 0 Å². The Hall–Kier alpha value is -3.10. The molecule has 0 aliphatic carbocycles. The first kappa shape index (κ1) is 13.9. The van der Waals surface area contributed by atoms with Crippen LogP contribution in [0.2, 0.25) is 0 Å². The van der Waals surface area contributed by atoms with Gasteiger partial charge in [0.25, 0.3) is 0 Å². The normalized spacial score (nSPS) is 11.5. The molecule has 2 heteroatoms. The molecule has 0 bridgehead atoms. The van der Waals surface area contributed by atoms with Crippen LogP contribution in [-0.2, 0) is 6.42 Å². The summed E-state index contributed by atoms with van der Waals surface area (Å²) in [6, 6.07) is 26.2. The molecule has 0 spiro atoms. The van der Waals surface area contributed by atoms with Crippen molar-refractivity contribution < 1.29 is 0 Å². The van der Waals surface area contributed by atoms with Gasteiger partial charge in [0.05, 0.1) is 23.6 Å². The van der Waals surface area contributed by atoms with E-state index in [1.165, 1.54) is 0 Å². The first-order valence-corrected chi connectivity index (χ1v) is 7.18. The van der Waals surface area contributed by atoms with E-state index >= 15 is 0 Å². The van der Waals surface area contributed by atoms with Crippen molar-refractivity contribution in [2.75, 3.05) is 0 Å². The molecule has 0 saturated carbocycles. The predicted molar refractivity (Wildman–Crippen MR) is 87.2 cm³/mol. The summed E-state index contributed by atoms with van der Waals surface area (Å²) < 4.78 is 0. The van der Waals surface area contributed by atoms with Crippen molar-refractivity contribution in [3.05, 3.63) is 83.4 Å². The second-order valence-electron chi connectivity index (χ2n) is 5.26. The fourth-order valence-electron chi connectivity index (χ4n) is 2.73. The van der Waals surface area contributed by atoms with Gasteiger partial charge in [-0.1, -0.05) is 54.6 Å². The van der Waals surface area contributed by atoms with Crippen LogP contribution in [0.4, 0.5) is 0 Å². The number of fused-ring (bicyclic) bond motifs is 1. The SMILES string of the molecule is N#Cc1ccc(CC(C#N)c2cccc3ccccc23)cc1. The molecule has 2 nitrogen and oxygen atoms in total. The van der Waals surface area contributed by atoms with Crippen molar-refractivity contribution >= 4 is 10.8 Å². The largest absolute Gasteiger partial charge is 0.198 e. The third-order valence-electron chi connectivity index (χ3n) is 3.88. The van der Waals surface area contributed by atoms with E-state index in [-0.39, 0.29) is 5.92 Å². The molecule has 22 heavy (non-hydrogen) atoms. The van der Waals surface area contributed by atoms with Gasteiger partial charge in [-0.2, -0.15) is 10.5 Å². The molecule has 3 aromatic carbocycles. The second-order valence-corrected chi connectivity index (χ2v) is 5.26. The van der Waals surface area contributed by atoms with Crippen LogP contribution in [0.3, 0.4) is 0 Å². The molecule has 1 atom stereocenters. The average molecular weight is 282 g/mol. The van der Waals surface area contributed by atoms with E-state index in [0.29, 0.717) is 12.0 Å². The molecule has 0 aliphatic heterocycles. The number of hydrogen-bond donors (Lipinski definition) is 0. The highest BCUT2D eigenvalue weighted by molar-refractivity contribution is 5.86. The van der Waals surface area contributed by atoms with E-state index in [1.54, 1.807) is 12.1 Å². The molecule has 0 aliphatic rings. The van der Waals surface area contributed by atoms with Crippen molar-refractivity contribution in [2.24, 2.45) is 0 Å². The van der Waals surface area contributed by atoms with Crippen LogP contribution in [0.25, 0.3) is 10.8 Å². The zero-order valence-corrected chi connectivity index (χ0v) is 12.0. The van der Waals surface area contributed by atoms with Gasteiger partial charge in [-0.15, -0.1) is 0 Å². The zero-order chi connectivity index (χ0) is 15.4. The predicted octanol–water partition coefficient (Wildman–Crippen LogP) is 4.56. The number of nitrogens with zero attached hydrogens (tertiary/aromatic N) is 2. The maximum absolute atomic E-state index is 9.60. The number of benzene rings is 3. The van der Waals surface area contributed by atoms with Gasteiger partial charge in [-0.05, 0) is 40.5 Å². The van der Waals surface area contributed by atoms with Gasteiger partial charge in [0.15, 0.2) is 0 Å². The highest BCUT2D eigenvalue weighted by Crippen LogP contribution is 2.28. The summed E-state index contributed by atoms with van der Waals surface area (Å²) in [6.45, 7) is 0. The van der Waals surface area contributed by atoms with Crippen molar-refractivity contribution in [2.45, 2.75) is 12.3 Å². The molecular formula is C20H14N2. The highest BCUT2D eigenvalue weighted by Gasteiger charge is 2.14. The summed E-state index contributed by atoms with van der Waals surface area (Å²) in [6.07, 6.45) is 0.649. The first-order valence-electron chi connectivity index (χ1n) is 7.18. The van der Waals surface area contributed by atoms with Crippen LogP contribution in [0, 0.1) is 22.7 Å². The molecule has 0 radical (unpaired) electrons. The quantitative estimate of drug-likeness (QED) is 0.707. The second kappa shape index (κ2) is 6.12. The van der Waals surface area contributed by atoms with Crippen LogP contribution in [0.1, 0.15) is 22.6 Å². The minimum absolute atomic E-state index is 0.195. The lowest BCUT2D eigenvalue weighted by atomic mass is 9.89. The lowest BCUT2D eigenvalue weighted by Gasteiger charge is -2.13. The summed E-state index contributed by atoms with van der Waals surface area (Å²) in [4.78, 5) is 0. The summed E-state index contributed by atoms with van der Waals surface area (Å²) in [5, 5.41) is 20.7. The van der Waals surface area contributed by atoms with Crippen molar-refractivity contribution in [3.63, 3.8) is 0 Å². The molecule has 0 N–H and O–H groups in total. The van der Waals surface area contributed by atoms with Crippen molar-refractivity contribution in [1.82, 2.24) is 0 Å². The third kappa shape index (κ3) is 2.68. The summed E-state index contributed by atoms with van der Waals surface area (Å²) in [5.74, 6) is -0.195. The van der Waals surface area contributed by atoms with Gasteiger partial charge < -0.3 is 0 Å². The number of hydrogen-bond acceptors (Lipinski definition) is 2. The average Bonchev–Trinajstić information content (AvgIpc) is 2.60. The Labute approximate surface area is 129 Å². The Kier molecular flexibility index (Phi) is 3.86. The number of rotatable bonds is 3. The zero-order valence-electron chi connectivity index (χ0n) is 12.0. The highest BCUT2D eigenvalue weighted by atomic mass is 14.3. The van der Waals surface area contributed by atoms with Crippen molar-refractivity contribution in [1.29, 1.82) is 10.5 Å². The van der Waals surface area contributed by atoms with Gasteiger partial charge in [0.2, 0.25) is 0 Å². The minimum atomic E-state index is -0.195. The van der Waals surface area contributed by atoms with E-state index < -0.39 is 0 Å². The topological polar surface area (TPSA) is 47.6 Å². The lowest BCUT2D eigenvalue weighted by Crippen LogP contribution is -2.01. The van der Waals surface area contributed by atoms with E-state index in [2.05, 4.69) is 30.3 Å². The van der Waals surface area contributed by atoms with Gasteiger partial charge in [0.1, 0.15) is 0 Å². The van der Waals surface area contributed by atoms with E-state index in [9.17, 15) is 5.26 Å². The lowest BCUT2D eigenvalue weighted by molar-refractivity contribution is 0.856. The van der Waals surface area contributed by atoms with Gasteiger partial charge in [-0.25, -0.2) is 0 Å². The van der Waals surface area contributed by atoms with Crippen LogP contribution in [0.15, 0.2) is 66.7 Å². The standard InChI is InChI=1S/C20H14N2/c21-13-16-10-8-15(9-11-16)12-18(14-22)20-7-3-5-17-4-1-2-6-19(17)20/h1-11,18H,12H2. The van der Waals surface area contributed by atoms with Gasteiger partial charge in [0, 0.05) is 0 Å². The van der Waals surface area contributed by atoms with Crippen molar-refractivity contribution in [3.8, 4) is 12.1 Å². The molecule has 0 amide bonds. The van der Waals surface area contributed by atoms with Gasteiger partial charge in [-0.3, -0.25) is 0 Å². The monoisotopic (exact) mass is 282 g/mol. The molecule has 1 unspecified atom stereocenters. The van der Waals surface area contributed by atoms with Crippen LogP contribution < -0.4 is 0 Å². The third-order valence-corrected chi connectivity index (χ3v) is 3.88. The van der Waals surface area contributed by atoms with E-state index in [1.807, 2.05) is 36.4 Å². The van der Waals surface area contributed by atoms with E-state index in [4.69, 9.17) is 5.26 Å². The first-order chi connectivity index (χ1) is 10.8. The Bertz CT molecular complexity index is 875. The molecular weight excluding hydrogens is 268 g/mol. The molecule has 3 aromatic rings. The minimum Gasteiger partial charge on any atom is -0.198 e. The van der Waals surface area contributed by atoms with Gasteiger partial charge >= 0.3 is 0 Å². The number of nitriles is 2. The molecule has 3 rings (SSSR count). The Balaban J connectivity index is 1.96. The molecule has 0 saturated heterocycles. The van der Waals surface area contributed by atoms with Crippen LogP contribution >= 0.6 is 0 Å². The molecule has 104 valence electrons. The summed E-state index contributed by atoms with van der Waals surface area (Å²) >= 11 is 0. The maximum atomic E-state index is 9.60. The molecule has 0 aromatic heterocycles. The smallest absolute Gasteiger partial charge is 0.0991 e. The molecule has 0 heterocycles. The summed E-state index contributed by atoms with van der Waals surface area (Å²) in [7, 11) is 0. The molecule has 0 fully saturated rings. The van der Waals surface area contributed by atoms with E-state index in [0.717, 1.165) is 21.9 Å². The Morgan fingerprint density at radius 1 is 0.818 bits per heavy atom. The Morgan fingerprint density at radius 2 is 1.55 bits per heavy atom.